The van der Waals surface area contributed by atoms with Gasteiger partial charge in [-0.05, 0) is 37.6 Å². The minimum Gasteiger partial charge on any atom is -0.495 e. The van der Waals surface area contributed by atoms with Crippen LogP contribution in [0.5, 0.6) is 5.75 Å². The largest absolute Gasteiger partial charge is 0.495 e. The molecule has 0 aromatic heterocycles. The van der Waals surface area contributed by atoms with Crippen LogP contribution in [0.2, 0.25) is 0 Å². The third-order valence-electron chi connectivity index (χ3n) is 3.71. The number of aryl methyl sites for hydroxylation is 1. The van der Waals surface area contributed by atoms with E-state index in [1.165, 1.54) is 11.4 Å². The maximum absolute atomic E-state index is 13.1. The van der Waals surface area contributed by atoms with E-state index in [1.807, 2.05) is 6.92 Å². The summed E-state index contributed by atoms with van der Waals surface area (Å²) in [7, 11) is -2.38. The van der Waals surface area contributed by atoms with Crippen molar-refractivity contribution in [3.63, 3.8) is 0 Å². The van der Waals surface area contributed by atoms with Gasteiger partial charge in [0.05, 0.1) is 17.7 Å². The number of methoxy groups -OCH3 is 1. The number of aliphatic carboxylic acids is 1. The minimum atomic E-state index is -3.84. The Hall–Kier alpha value is -2.54. The summed E-state index contributed by atoms with van der Waals surface area (Å²) in [6, 6.07) is 13.3. The van der Waals surface area contributed by atoms with Crippen LogP contribution in [0.15, 0.2) is 53.4 Å². The standard InChI is InChI=1S/C18H21NO5S/c1-14-9-11-15(12-10-14)25(22,23)19(13-5-8-18(20)21)16-6-3-4-7-17(16)24-2/h3-4,6-7,9-12H,5,8,13H2,1-2H3,(H,20,21). The highest BCUT2D eigenvalue weighted by Crippen LogP contribution is 2.32. The molecule has 0 unspecified atom stereocenters. The number of nitrogens with zero attached hydrogens (tertiary/aromatic N) is 1. The molecule has 0 aliphatic rings. The van der Waals surface area contributed by atoms with Gasteiger partial charge in [0.25, 0.3) is 10.0 Å². The van der Waals surface area contributed by atoms with Crippen molar-refractivity contribution in [2.45, 2.75) is 24.7 Å². The summed E-state index contributed by atoms with van der Waals surface area (Å²) in [6.07, 6.45) is 0.0769. The molecule has 134 valence electrons. The second-order valence-electron chi connectivity index (χ2n) is 5.56. The Morgan fingerprint density at radius 1 is 1.12 bits per heavy atom. The van der Waals surface area contributed by atoms with Crippen LogP contribution in [-0.2, 0) is 14.8 Å². The fourth-order valence-electron chi connectivity index (χ4n) is 2.42. The van der Waals surface area contributed by atoms with Crippen molar-refractivity contribution in [1.29, 1.82) is 0 Å². The first-order valence-corrected chi connectivity index (χ1v) is 9.24. The van der Waals surface area contributed by atoms with Crippen molar-refractivity contribution >= 4 is 21.7 Å². The maximum atomic E-state index is 13.1. The van der Waals surface area contributed by atoms with E-state index >= 15 is 0 Å². The van der Waals surface area contributed by atoms with Gasteiger partial charge in [0.1, 0.15) is 5.75 Å². The third-order valence-corrected chi connectivity index (χ3v) is 5.54. The van der Waals surface area contributed by atoms with Crippen LogP contribution in [0.4, 0.5) is 5.69 Å². The molecule has 0 atom stereocenters. The molecule has 0 bridgehead atoms. The van der Waals surface area contributed by atoms with Crippen LogP contribution < -0.4 is 9.04 Å². The second-order valence-corrected chi connectivity index (χ2v) is 7.42. The van der Waals surface area contributed by atoms with E-state index in [9.17, 15) is 13.2 Å². The van der Waals surface area contributed by atoms with Crippen LogP contribution in [0.1, 0.15) is 18.4 Å². The first-order chi connectivity index (χ1) is 11.9. The van der Waals surface area contributed by atoms with E-state index in [0.717, 1.165) is 5.56 Å². The monoisotopic (exact) mass is 363 g/mol. The van der Waals surface area contributed by atoms with Crippen molar-refractivity contribution in [3.8, 4) is 5.75 Å². The molecular weight excluding hydrogens is 342 g/mol. The highest BCUT2D eigenvalue weighted by atomic mass is 32.2. The summed E-state index contributed by atoms with van der Waals surface area (Å²) in [5.41, 5.74) is 1.34. The molecule has 0 amide bonds. The molecule has 0 saturated heterocycles. The number of carbonyl (C=O) groups is 1. The van der Waals surface area contributed by atoms with Crippen LogP contribution >= 0.6 is 0 Å². The molecule has 1 N–H and O–H groups in total. The molecule has 25 heavy (non-hydrogen) atoms. The fraction of sp³-hybridized carbons (Fsp3) is 0.278. The normalized spacial score (nSPS) is 11.1. The highest BCUT2D eigenvalue weighted by Gasteiger charge is 2.27. The zero-order valence-corrected chi connectivity index (χ0v) is 15.0. The Morgan fingerprint density at radius 2 is 1.76 bits per heavy atom. The predicted octanol–water partition coefficient (Wildman–Crippen LogP) is 3.06. The lowest BCUT2D eigenvalue weighted by Crippen LogP contribution is -2.32. The maximum Gasteiger partial charge on any atom is 0.303 e. The van der Waals surface area contributed by atoms with E-state index in [4.69, 9.17) is 9.84 Å². The quantitative estimate of drug-likeness (QED) is 0.779. The molecule has 2 aromatic rings. The van der Waals surface area contributed by atoms with Gasteiger partial charge in [-0.2, -0.15) is 0 Å². The Kier molecular flexibility index (Phi) is 6.03. The number of sulfonamides is 1. The van der Waals surface area contributed by atoms with Crippen molar-refractivity contribution in [2.75, 3.05) is 18.0 Å². The molecule has 2 aromatic carbocycles. The van der Waals surface area contributed by atoms with Gasteiger partial charge in [-0.15, -0.1) is 0 Å². The summed E-state index contributed by atoms with van der Waals surface area (Å²) in [5, 5.41) is 8.86. The second kappa shape index (κ2) is 8.02. The Labute approximate surface area is 147 Å². The number of carboxylic acids is 1. The van der Waals surface area contributed by atoms with Gasteiger partial charge < -0.3 is 9.84 Å². The van der Waals surface area contributed by atoms with E-state index in [-0.39, 0.29) is 24.3 Å². The number of para-hydroxylation sites is 2. The lowest BCUT2D eigenvalue weighted by Gasteiger charge is -2.26. The molecule has 0 spiro atoms. The Balaban J connectivity index is 2.46. The number of anilines is 1. The summed E-state index contributed by atoms with van der Waals surface area (Å²) < 4.78 is 32.7. The van der Waals surface area contributed by atoms with Crippen molar-refractivity contribution in [1.82, 2.24) is 0 Å². The SMILES string of the molecule is COc1ccccc1N(CCCC(=O)O)S(=O)(=O)c1ccc(C)cc1. The topological polar surface area (TPSA) is 83.9 Å². The molecule has 0 fully saturated rings. The fourth-order valence-corrected chi connectivity index (χ4v) is 3.93. The Morgan fingerprint density at radius 3 is 2.36 bits per heavy atom. The van der Waals surface area contributed by atoms with Crippen LogP contribution in [0.25, 0.3) is 0 Å². The van der Waals surface area contributed by atoms with Gasteiger partial charge in [0.15, 0.2) is 0 Å². The van der Waals surface area contributed by atoms with E-state index in [1.54, 1.807) is 48.5 Å². The van der Waals surface area contributed by atoms with Gasteiger partial charge in [-0.25, -0.2) is 8.42 Å². The molecular formula is C18H21NO5S. The van der Waals surface area contributed by atoms with E-state index in [2.05, 4.69) is 0 Å². The number of hydrogen-bond acceptors (Lipinski definition) is 4. The van der Waals surface area contributed by atoms with E-state index < -0.39 is 16.0 Å². The van der Waals surface area contributed by atoms with Crippen LogP contribution in [0.3, 0.4) is 0 Å². The first kappa shape index (κ1) is 18.8. The Bertz CT molecular complexity index is 831. The molecule has 2 rings (SSSR count). The van der Waals surface area contributed by atoms with Gasteiger partial charge in [0.2, 0.25) is 0 Å². The zero-order valence-electron chi connectivity index (χ0n) is 14.2. The number of rotatable bonds is 8. The first-order valence-electron chi connectivity index (χ1n) is 7.80. The molecule has 7 heteroatoms. The summed E-state index contributed by atoms with van der Waals surface area (Å²) in [4.78, 5) is 11.0. The number of hydrogen-bond donors (Lipinski definition) is 1. The van der Waals surface area contributed by atoms with E-state index in [0.29, 0.717) is 11.4 Å². The molecule has 0 radical (unpaired) electrons. The van der Waals surface area contributed by atoms with Gasteiger partial charge in [0, 0.05) is 13.0 Å². The van der Waals surface area contributed by atoms with Crippen LogP contribution in [-0.4, -0.2) is 33.1 Å². The van der Waals surface area contributed by atoms with Crippen molar-refractivity contribution < 1.29 is 23.1 Å². The van der Waals surface area contributed by atoms with Crippen molar-refractivity contribution in [3.05, 3.63) is 54.1 Å². The summed E-state index contributed by atoms with van der Waals surface area (Å²) in [5.74, 6) is -0.554. The molecule has 0 saturated carbocycles. The molecule has 6 nitrogen and oxygen atoms in total. The average Bonchev–Trinajstić information content (AvgIpc) is 2.58. The number of ether oxygens (including phenoxy) is 1. The summed E-state index contributed by atoms with van der Waals surface area (Å²) >= 11 is 0. The van der Waals surface area contributed by atoms with Crippen molar-refractivity contribution in [2.24, 2.45) is 0 Å². The van der Waals surface area contributed by atoms with Gasteiger partial charge >= 0.3 is 5.97 Å². The molecule has 0 aliphatic heterocycles. The lowest BCUT2D eigenvalue weighted by molar-refractivity contribution is -0.137. The number of carboxylic acid groups (broad SMARTS) is 1. The third kappa shape index (κ3) is 4.51. The average molecular weight is 363 g/mol. The highest BCUT2D eigenvalue weighted by molar-refractivity contribution is 7.92. The van der Waals surface area contributed by atoms with Gasteiger partial charge in [-0.3, -0.25) is 9.10 Å². The minimum absolute atomic E-state index is 0.0445. The van der Waals surface area contributed by atoms with Gasteiger partial charge in [-0.1, -0.05) is 29.8 Å². The zero-order chi connectivity index (χ0) is 18.4. The number of benzene rings is 2. The summed E-state index contributed by atoms with van der Waals surface area (Å²) in [6.45, 7) is 1.92. The molecule has 0 heterocycles. The smallest absolute Gasteiger partial charge is 0.303 e. The van der Waals surface area contributed by atoms with Crippen LogP contribution in [0, 0.1) is 6.92 Å². The lowest BCUT2D eigenvalue weighted by atomic mass is 10.2. The predicted molar refractivity (Wildman–Crippen MR) is 95.6 cm³/mol. The molecule has 0 aliphatic carbocycles.